The topological polar surface area (TPSA) is 54.5 Å². The molecule has 0 aromatic heterocycles. The lowest BCUT2D eigenvalue weighted by Gasteiger charge is -2.11. The van der Waals surface area contributed by atoms with Gasteiger partial charge in [-0.1, -0.05) is 24.3 Å². The number of fused-ring (bicyclic) bond motifs is 1. The van der Waals surface area contributed by atoms with Gasteiger partial charge in [-0.15, -0.1) is 0 Å². The summed E-state index contributed by atoms with van der Waals surface area (Å²) in [5.74, 6) is -0.256. The predicted molar refractivity (Wildman–Crippen MR) is 77.9 cm³/mol. The summed E-state index contributed by atoms with van der Waals surface area (Å²) < 4.78 is 0. The minimum atomic E-state index is -0.243. The molecule has 4 heteroatoms. The summed E-state index contributed by atoms with van der Waals surface area (Å²) in [6, 6.07) is 6.86. The second kappa shape index (κ2) is 4.95. The lowest BCUT2D eigenvalue weighted by molar-refractivity contribution is -0.121. The van der Waals surface area contributed by atoms with Crippen LogP contribution in [0.25, 0.3) is 0 Å². The van der Waals surface area contributed by atoms with Crippen molar-refractivity contribution in [3.8, 4) is 0 Å². The second-order valence-corrected chi connectivity index (χ2v) is 5.78. The van der Waals surface area contributed by atoms with Gasteiger partial charge in [0, 0.05) is 12.0 Å². The van der Waals surface area contributed by atoms with E-state index in [0.717, 1.165) is 12.8 Å². The normalized spacial score (nSPS) is 19.2. The van der Waals surface area contributed by atoms with Crippen LogP contribution in [0.5, 0.6) is 0 Å². The zero-order valence-corrected chi connectivity index (χ0v) is 12.0. The predicted octanol–water partition coefficient (Wildman–Crippen LogP) is 2.60. The standard InChI is InChI=1S/C17H17NO3/c1-12(19)17(9-10-17)8-4-5-11-18-15(20)13-6-2-3-7-14(13)16(18)21/h2-7H,8-11H2,1H3. The van der Waals surface area contributed by atoms with E-state index < -0.39 is 0 Å². The summed E-state index contributed by atoms with van der Waals surface area (Å²) >= 11 is 0. The number of carbonyl (C=O) groups is 3. The van der Waals surface area contributed by atoms with Gasteiger partial charge in [0.25, 0.3) is 11.8 Å². The van der Waals surface area contributed by atoms with Crippen LogP contribution in [0.4, 0.5) is 0 Å². The summed E-state index contributed by atoms with van der Waals surface area (Å²) in [4.78, 5) is 37.0. The number of hydrogen-bond acceptors (Lipinski definition) is 3. The van der Waals surface area contributed by atoms with Crippen molar-refractivity contribution in [3.05, 3.63) is 47.5 Å². The van der Waals surface area contributed by atoms with E-state index in [1.165, 1.54) is 4.90 Å². The molecule has 0 unspecified atom stereocenters. The average molecular weight is 283 g/mol. The summed E-state index contributed by atoms with van der Waals surface area (Å²) in [7, 11) is 0. The number of Topliss-reactive ketones (excluding diaryl/α,β-unsaturated/α-hetero) is 1. The third kappa shape index (κ3) is 2.31. The first-order valence-electron chi connectivity index (χ1n) is 7.16. The number of rotatable bonds is 5. The van der Waals surface area contributed by atoms with Crippen LogP contribution in [-0.4, -0.2) is 29.0 Å². The molecule has 1 aromatic rings. The third-order valence-electron chi connectivity index (χ3n) is 4.44. The summed E-state index contributed by atoms with van der Waals surface area (Å²) in [5, 5.41) is 0. The minimum absolute atomic E-state index is 0.168. The Kier molecular flexibility index (Phi) is 3.24. The monoisotopic (exact) mass is 283 g/mol. The van der Waals surface area contributed by atoms with Crippen LogP contribution in [0.1, 0.15) is 46.9 Å². The van der Waals surface area contributed by atoms with Gasteiger partial charge in [-0.05, 0) is 38.3 Å². The molecule has 21 heavy (non-hydrogen) atoms. The zero-order chi connectivity index (χ0) is 15.0. The van der Waals surface area contributed by atoms with Gasteiger partial charge in [0.1, 0.15) is 5.78 Å². The van der Waals surface area contributed by atoms with Gasteiger partial charge >= 0.3 is 0 Å². The number of carbonyl (C=O) groups excluding carboxylic acids is 3. The van der Waals surface area contributed by atoms with E-state index in [1.807, 2.05) is 12.2 Å². The van der Waals surface area contributed by atoms with Crippen molar-refractivity contribution in [3.63, 3.8) is 0 Å². The van der Waals surface area contributed by atoms with Crippen molar-refractivity contribution >= 4 is 17.6 Å². The molecule has 1 aromatic carbocycles. The van der Waals surface area contributed by atoms with Gasteiger partial charge in [0.2, 0.25) is 0 Å². The molecule has 0 spiro atoms. The van der Waals surface area contributed by atoms with Gasteiger partial charge in [-0.25, -0.2) is 0 Å². The maximum atomic E-state index is 12.1. The third-order valence-corrected chi connectivity index (χ3v) is 4.44. The van der Waals surface area contributed by atoms with E-state index in [0.29, 0.717) is 17.5 Å². The zero-order valence-electron chi connectivity index (χ0n) is 12.0. The van der Waals surface area contributed by atoms with Crippen molar-refractivity contribution < 1.29 is 14.4 Å². The molecule has 0 bridgehead atoms. The smallest absolute Gasteiger partial charge is 0.261 e. The number of nitrogens with zero attached hydrogens (tertiary/aromatic N) is 1. The van der Waals surface area contributed by atoms with Gasteiger partial charge in [0.15, 0.2) is 0 Å². The Hall–Kier alpha value is -2.23. The fourth-order valence-corrected chi connectivity index (χ4v) is 2.74. The molecule has 1 saturated carbocycles. The Balaban J connectivity index is 1.64. The highest BCUT2D eigenvalue weighted by molar-refractivity contribution is 6.21. The summed E-state index contributed by atoms with van der Waals surface area (Å²) in [5.41, 5.74) is 0.773. The molecule has 2 amide bonds. The fraction of sp³-hybridized carbons (Fsp3) is 0.353. The largest absolute Gasteiger partial charge is 0.299 e. The molecule has 1 aliphatic carbocycles. The molecule has 2 aliphatic rings. The number of imide groups is 1. The Labute approximate surface area is 123 Å². The Bertz CT molecular complexity index is 621. The molecule has 1 heterocycles. The first-order chi connectivity index (χ1) is 10.1. The first kappa shape index (κ1) is 13.7. The maximum Gasteiger partial charge on any atom is 0.261 e. The van der Waals surface area contributed by atoms with Crippen LogP contribution in [0.2, 0.25) is 0 Å². The maximum absolute atomic E-state index is 12.1. The Morgan fingerprint density at radius 1 is 1.14 bits per heavy atom. The average Bonchev–Trinajstić information content (AvgIpc) is 3.23. The molecule has 0 N–H and O–H groups in total. The van der Waals surface area contributed by atoms with E-state index in [-0.39, 0.29) is 29.6 Å². The highest BCUT2D eigenvalue weighted by Gasteiger charge is 2.45. The summed E-state index contributed by atoms with van der Waals surface area (Å²) in [6.07, 6.45) is 6.31. The highest BCUT2D eigenvalue weighted by atomic mass is 16.2. The fourth-order valence-electron chi connectivity index (χ4n) is 2.74. The molecular formula is C17H17NO3. The van der Waals surface area contributed by atoms with Crippen molar-refractivity contribution in [2.24, 2.45) is 5.41 Å². The first-order valence-corrected chi connectivity index (χ1v) is 7.16. The van der Waals surface area contributed by atoms with Crippen LogP contribution >= 0.6 is 0 Å². The number of ketones is 1. The quantitative estimate of drug-likeness (QED) is 0.616. The van der Waals surface area contributed by atoms with Crippen molar-refractivity contribution in [2.75, 3.05) is 6.54 Å². The highest BCUT2D eigenvalue weighted by Crippen LogP contribution is 2.49. The van der Waals surface area contributed by atoms with Crippen LogP contribution in [-0.2, 0) is 4.79 Å². The van der Waals surface area contributed by atoms with Gasteiger partial charge in [-0.2, -0.15) is 0 Å². The molecule has 3 rings (SSSR count). The van der Waals surface area contributed by atoms with E-state index in [9.17, 15) is 14.4 Å². The van der Waals surface area contributed by atoms with Crippen LogP contribution in [0.3, 0.4) is 0 Å². The molecule has 1 fully saturated rings. The van der Waals surface area contributed by atoms with Gasteiger partial charge in [0.05, 0.1) is 11.1 Å². The molecule has 0 atom stereocenters. The number of allylic oxidation sites excluding steroid dienone is 1. The van der Waals surface area contributed by atoms with E-state index >= 15 is 0 Å². The number of hydrogen-bond donors (Lipinski definition) is 0. The van der Waals surface area contributed by atoms with Crippen molar-refractivity contribution in [2.45, 2.75) is 26.2 Å². The molecule has 108 valence electrons. The second-order valence-electron chi connectivity index (χ2n) is 5.78. The SMILES string of the molecule is CC(=O)C1(CC=CCN2C(=O)c3ccccc3C2=O)CC1. The number of amides is 2. The Morgan fingerprint density at radius 2 is 1.71 bits per heavy atom. The summed E-state index contributed by atoms with van der Waals surface area (Å²) in [6.45, 7) is 1.89. The van der Waals surface area contributed by atoms with Crippen LogP contribution < -0.4 is 0 Å². The van der Waals surface area contributed by atoms with Gasteiger partial charge in [-0.3, -0.25) is 19.3 Å². The van der Waals surface area contributed by atoms with E-state index in [4.69, 9.17) is 0 Å². The van der Waals surface area contributed by atoms with E-state index in [2.05, 4.69) is 0 Å². The van der Waals surface area contributed by atoms with Crippen molar-refractivity contribution in [1.29, 1.82) is 0 Å². The van der Waals surface area contributed by atoms with E-state index in [1.54, 1.807) is 31.2 Å². The van der Waals surface area contributed by atoms with Crippen molar-refractivity contribution in [1.82, 2.24) is 4.90 Å². The van der Waals surface area contributed by atoms with Crippen LogP contribution in [0.15, 0.2) is 36.4 Å². The minimum Gasteiger partial charge on any atom is -0.299 e. The molecule has 0 saturated heterocycles. The molecular weight excluding hydrogens is 266 g/mol. The lowest BCUT2D eigenvalue weighted by Crippen LogP contribution is -2.29. The molecule has 4 nitrogen and oxygen atoms in total. The van der Waals surface area contributed by atoms with Crippen LogP contribution in [0, 0.1) is 5.41 Å². The molecule has 0 radical (unpaired) electrons. The molecule has 1 aliphatic heterocycles. The number of benzene rings is 1. The Morgan fingerprint density at radius 3 is 2.19 bits per heavy atom. The van der Waals surface area contributed by atoms with Gasteiger partial charge < -0.3 is 0 Å². The lowest BCUT2D eigenvalue weighted by atomic mass is 9.98.